The molecule has 4 heteroatoms. The fourth-order valence-electron chi connectivity index (χ4n) is 1.78. The van der Waals surface area contributed by atoms with Gasteiger partial charge in [-0.15, -0.1) is 0 Å². The van der Waals surface area contributed by atoms with Crippen molar-refractivity contribution in [1.29, 1.82) is 0 Å². The number of rotatable bonds is 3. The second kappa shape index (κ2) is 5.63. The van der Waals surface area contributed by atoms with Crippen molar-refractivity contribution in [2.24, 2.45) is 5.41 Å². The van der Waals surface area contributed by atoms with Crippen LogP contribution in [-0.4, -0.2) is 14.0 Å². The molecule has 1 aromatic heterocycles. The number of aromatic nitrogens is 1. The summed E-state index contributed by atoms with van der Waals surface area (Å²) in [6, 6.07) is 2.10. The quantitative estimate of drug-likeness (QED) is 0.778. The lowest BCUT2D eigenvalue weighted by atomic mass is 9.86. The molecule has 0 aromatic carbocycles. The van der Waals surface area contributed by atoms with E-state index in [0.29, 0.717) is 0 Å². The maximum absolute atomic E-state index is 6.18. The summed E-state index contributed by atoms with van der Waals surface area (Å²) in [7, 11) is -1.08. The van der Waals surface area contributed by atoms with E-state index < -0.39 is 9.04 Å². The highest BCUT2D eigenvalue weighted by atomic mass is 79.9. The van der Waals surface area contributed by atoms with Gasteiger partial charge in [0.1, 0.15) is 0 Å². The molecule has 0 N–H and O–H groups in total. The summed E-state index contributed by atoms with van der Waals surface area (Å²) in [5.41, 5.74) is 2.33. The second-order valence-electron chi connectivity index (χ2n) is 5.79. The van der Waals surface area contributed by atoms with Crippen LogP contribution < -0.4 is 0 Å². The van der Waals surface area contributed by atoms with Crippen LogP contribution in [0.3, 0.4) is 0 Å². The molecule has 2 nitrogen and oxygen atoms in total. The van der Waals surface area contributed by atoms with Crippen LogP contribution in [0.5, 0.6) is 0 Å². The van der Waals surface area contributed by atoms with Gasteiger partial charge in [-0.3, -0.25) is 4.98 Å². The standard InChI is InChI=1S/C13H22BrNOSi/c1-9-7-10(14)8-15-11(9)12(13(2,3)4)16-17(5)6/h7-8,12,17H,1-6H3. The minimum absolute atomic E-state index is 0.0723. The molecule has 17 heavy (non-hydrogen) atoms. The molecule has 0 aliphatic heterocycles. The van der Waals surface area contributed by atoms with Crippen molar-refractivity contribution < 1.29 is 4.43 Å². The summed E-state index contributed by atoms with van der Waals surface area (Å²) < 4.78 is 7.20. The molecule has 1 atom stereocenters. The van der Waals surface area contributed by atoms with E-state index in [1.807, 2.05) is 6.20 Å². The third-order valence-electron chi connectivity index (χ3n) is 2.53. The van der Waals surface area contributed by atoms with Crippen molar-refractivity contribution in [2.45, 2.75) is 46.9 Å². The monoisotopic (exact) mass is 315 g/mol. The molecule has 96 valence electrons. The third kappa shape index (κ3) is 4.19. The van der Waals surface area contributed by atoms with E-state index in [1.54, 1.807) is 0 Å². The summed E-state index contributed by atoms with van der Waals surface area (Å²) in [6.07, 6.45) is 1.94. The van der Waals surface area contributed by atoms with Gasteiger partial charge >= 0.3 is 0 Å². The molecule has 0 aliphatic carbocycles. The molecule has 0 amide bonds. The van der Waals surface area contributed by atoms with Crippen LogP contribution in [0.4, 0.5) is 0 Å². The lowest BCUT2D eigenvalue weighted by Gasteiger charge is -2.33. The Morgan fingerprint density at radius 2 is 1.94 bits per heavy atom. The first-order valence-corrected chi connectivity index (χ1v) is 9.56. The summed E-state index contributed by atoms with van der Waals surface area (Å²) in [6.45, 7) is 13.1. The number of halogens is 1. The Balaban J connectivity index is 3.13. The van der Waals surface area contributed by atoms with E-state index in [-0.39, 0.29) is 11.5 Å². The van der Waals surface area contributed by atoms with Crippen molar-refractivity contribution in [3.63, 3.8) is 0 Å². The maximum Gasteiger partial charge on any atom is 0.171 e. The number of hydrogen-bond acceptors (Lipinski definition) is 2. The van der Waals surface area contributed by atoms with Crippen LogP contribution in [0.25, 0.3) is 0 Å². The van der Waals surface area contributed by atoms with Crippen molar-refractivity contribution in [1.82, 2.24) is 4.98 Å². The Morgan fingerprint density at radius 1 is 1.35 bits per heavy atom. The number of aryl methyl sites for hydroxylation is 1. The minimum atomic E-state index is -1.08. The highest BCUT2D eigenvalue weighted by molar-refractivity contribution is 9.10. The minimum Gasteiger partial charge on any atom is -0.412 e. The predicted molar refractivity (Wildman–Crippen MR) is 78.8 cm³/mol. The highest BCUT2D eigenvalue weighted by Gasteiger charge is 2.30. The van der Waals surface area contributed by atoms with Gasteiger partial charge in [0.15, 0.2) is 9.04 Å². The van der Waals surface area contributed by atoms with Gasteiger partial charge in [0.25, 0.3) is 0 Å². The third-order valence-corrected chi connectivity index (χ3v) is 3.78. The molecule has 1 aromatic rings. The number of pyridine rings is 1. The fraction of sp³-hybridized carbons (Fsp3) is 0.615. The van der Waals surface area contributed by atoms with E-state index in [9.17, 15) is 0 Å². The van der Waals surface area contributed by atoms with Gasteiger partial charge in [0.05, 0.1) is 11.8 Å². The molecule has 1 unspecified atom stereocenters. The van der Waals surface area contributed by atoms with Crippen LogP contribution in [-0.2, 0) is 4.43 Å². The molecule has 0 bridgehead atoms. The van der Waals surface area contributed by atoms with Crippen LogP contribution in [0, 0.1) is 12.3 Å². The Kier molecular flexibility index (Phi) is 4.92. The van der Waals surface area contributed by atoms with Crippen molar-refractivity contribution >= 4 is 25.0 Å². The summed E-state index contributed by atoms with van der Waals surface area (Å²) in [5.74, 6) is 0. The van der Waals surface area contributed by atoms with Crippen molar-refractivity contribution in [3.05, 3.63) is 28.0 Å². The molecule has 0 saturated carbocycles. The van der Waals surface area contributed by atoms with Gasteiger partial charge in [-0.25, -0.2) is 0 Å². The van der Waals surface area contributed by atoms with Crippen molar-refractivity contribution in [2.75, 3.05) is 0 Å². The topological polar surface area (TPSA) is 22.1 Å². The van der Waals surface area contributed by atoms with Crippen LogP contribution in [0.1, 0.15) is 38.1 Å². The molecule has 1 rings (SSSR count). The van der Waals surface area contributed by atoms with E-state index in [1.165, 1.54) is 5.56 Å². The first kappa shape index (κ1) is 14.9. The normalized spacial score (nSPS) is 14.1. The van der Waals surface area contributed by atoms with Gasteiger partial charge in [-0.2, -0.15) is 0 Å². The van der Waals surface area contributed by atoms with Crippen LogP contribution in [0.15, 0.2) is 16.7 Å². The van der Waals surface area contributed by atoms with Gasteiger partial charge in [-0.05, 0) is 53.0 Å². The Hall–Kier alpha value is -0.193. The molecule has 1 heterocycles. The number of nitrogens with zero attached hydrogens (tertiary/aromatic N) is 1. The van der Waals surface area contributed by atoms with Crippen LogP contribution >= 0.6 is 15.9 Å². The highest BCUT2D eigenvalue weighted by Crippen LogP contribution is 2.37. The fourth-order valence-corrected chi connectivity index (χ4v) is 3.30. The van der Waals surface area contributed by atoms with Gasteiger partial charge in [-0.1, -0.05) is 20.8 Å². The van der Waals surface area contributed by atoms with Gasteiger partial charge in [0.2, 0.25) is 0 Å². The summed E-state index contributed by atoms with van der Waals surface area (Å²) in [4.78, 5) is 4.55. The zero-order chi connectivity index (χ0) is 13.2. The lowest BCUT2D eigenvalue weighted by Crippen LogP contribution is -2.27. The lowest BCUT2D eigenvalue weighted by molar-refractivity contribution is 0.0821. The molecule has 0 radical (unpaired) electrons. The van der Waals surface area contributed by atoms with Crippen molar-refractivity contribution in [3.8, 4) is 0 Å². The van der Waals surface area contributed by atoms with E-state index >= 15 is 0 Å². The zero-order valence-electron chi connectivity index (χ0n) is 11.5. The summed E-state index contributed by atoms with van der Waals surface area (Å²) >= 11 is 3.45. The average molecular weight is 316 g/mol. The predicted octanol–water partition coefficient (Wildman–Crippen LogP) is 4.24. The zero-order valence-corrected chi connectivity index (χ0v) is 14.3. The van der Waals surface area contributed by atoms with Gasteiger partial charge < -0.3 is 4.43 Å². The average Bonchev–Trinajstić information content (AvgIpc) is 2.13. The smallest absolute Gasteiger partial charge is 0.171 e. The van der Waals surface area contributed by atoms with Gasteiger partial charge in [0, 0.05) is 10.7 Å². The molecular weight excluding hydrogens is 294 g/mol. The molecule has 0 fully saturated rings. The molecule has 0 aliphatic rings. The van der Waals surface area contributed by atoms with E-state index in [0.717, 1.165) is 10.2 Å². The SMILES string of the molecule is Cc1cc(Br)cnc1C(O[SiH](C)C)C(C)(C)C. The first-order chi connectivity index (χ1) is 7.71. The number of hydrogen-bond donors (Lipinski definition) is 0. The Labute approximate surface area is 115 Å². The molecular formula is C13H22BrNOSi. The van der Waals surface area contributed by atoms with Crippen LogP contribution in [0.2, 0.25) is 13.1 Å². The molecule has 0 spiro atoms. The summed E-state index contributed by atoms with van der Waals surface area (Å²) in [5, 5.41) is 0. The maximum atomic E-state index is 6.18. The van der Waals surface area contributed by atoms with E-state index in [4.69, 9.17) is 4.43 Å². The van der Waals surface area contributed by atoms with E-state index in [2.05, 4.69) is 67.8 Å². The largest absolute Gasteiger partial charge is 0.412 e. The Bertz CT molecular complexity index is 387. The first-order valence-electron chi connectivity index (χ1n) is 5.99. The second-order valence-corrected chi connectivity index (χ2v) is 9.07. The Morgan fingerprint density at radius 3 is 2.35 bits per heavy atom. The molecule has 0 saturated heterocycles.